The highest BCUT2D eigenvalue weighted by atomic mass is 32.2. The van der Waals surface area contributed by atoms with Gasteiger partial charge in [0.1, 0.15) is 17.5 Å². The van der Waals surface area contributed by atoms with E-state index < -0.39 is 0 Å². The lowest BCUT2D eigenvalue weighted by Gasteiger charge is -2.34. The molecule has 1 aromatic rings. The highest BCUT2D eigenvalue weighted by Gasteiger charge is 2.23. The normalized spacial score (nSPS) is 19.2. The van der Waals surface area contributed by atoms with Gasteiger partial charge in [0.05, 0.1) is 0 Å². The van der Waals surface area contributed by atoms with Crippen molar-refractivity contribution >= 4 is 23.4 Å². The largest absolute Gasteiger partial charge is 0.370 e. The second-order valence-corrected chi connectivity index (χ2v) is 6.58. The van der Waals surface area contributed by atoms with Crippen LogP contribution in [0.2, 0.25) is 0 Å². The van der Waals surface area contributed by atoms with E-state index in [9.17, 15) is 0 Å². The van der Waals surface area contributed by atoms with Crippen LogP contribution in [0, 0.1) is 6.92 Å². The first-order valence-electron chi connectivity index (χ1n) is 7.67. The summed E-state index contributed by atoms with van der Waals surface area (Å²) < 4.78 is 0. The summed E-state index contributed by atoms with van der Waals surface area (Å²) in [6.07, 6.45) is 2.11. The monoisotopic (exact) mass is 294 g/mol. The average Bonchev–Trinajstić information content (AvgIpc) is 2.49. The molecule has 0 spiro atoms. The van der Waals surface area contributed by atoms with Gasteiger partial charge in [-0.05, 0) is 20.3 Å². The fraction of sp³-hybridized carbons (Fsp3) is 0.733. The number of aryl methyl sites for hydroxylation is 1. The molecule has 112 valence electrons. The molecule has 2 rings (SSSR count). The lowest BCUT2D eigenvalue weighted by atomic mass is 10.2. The van der Waals surface area contributed by atoms with Crippen molar-refractivity contribution in [1.82, 2.24) is 9.97 Å². The Labute approximate surface area is 126 Å². The van der Waals surface area contributed by atoms with Gasteiger partial charge in [0.15, 0.2) is 0 Å². The molecule has 1 aliphatic rings. The molecular formula is C15H26N4S. The van der Waals surface area contributed by atoms with Crippen LogP contribution >= 0.6 is 11.8 Å². The summed E-state index contributed by atoms with van der Waals surface area (Å²) >= 11 is 2.09. The molecule has 0 bridgehead atoms. The topological polar surface area (TPSA) is 41.1 Å². The molecule has 1 saturated heterocycles. The molecule has 1 fully saturated rings. The van der Waals surface area contributed by atoms with E-state index in [1.807, 2.05) is 0 Å². The maximum absolute atomic E-state index is 4.79. The Hall–Kier alpha value is -0.970. The summed E-state index contributed by atoms with van der Waals surface area (Å²) in [6.45, 7) is 11.7. The van der Waals surface area contributed by atoms with Crippen molar-refractivity contribution in [3.8, 4) is 0 Å². The van der Waals surface area contributed by atoms with E-state index in [1.54, 1.807) is 0 Å². The second kappa shape index (κ2) is 7.16. The highest BCUT2D eigenvalue weighted by molar-refractivity contribution is 8.00. The van der Waals surface area contributed by atoms with Gasteiger partial charge in [-0.2, -0.15) is 11.8 Å². The van der Waals surface area contributed by atoms with Crippen LogP contribution in [0.5, 0.6) is 0 Å². The molecule has 1 aromatic heterocycles. The van der Waals surface area contributed by atoms with Gasteiger partial charge in [0.25, 0.3) is 0 Å². The molecule has 2 heterocycles. The van der Waals surface area contributed by atoms with Crippen LogP contribution in [0.15, 0.2) is 0 Å². The maximum Gasteiger partial charge on any atom is 0.137 e. The molecule has 1 unspecified atom stereocenters. The van der Waals surface area contributed by atoms with Crippen molar-refractivity contribution in [3.63, 3.8) is 0 Å². The Kier molecular flexibility index (Phi) is 5.52. The van der Waals surface area contributed by atoms with E-state index in [2.05, 4.69) is 54.7 Å². The molecule has 0 amide bonds. The first-order valence-corrected chi connectivity index (χ1v) is 8.72. The van der Waals surface area contributed by atoms with Crippen LogP contribution in [0.1, 0.15) is 38.6 Å². The van der Waals surface area contributed by atoms with Crippen molar-refractivity contribution in [2.75, 3.05) is 35.6 Å². The van der Waals surface area contributed by atoms with Gasteiger partial charge < -0.3 is 10.2 Å². The van der Waals surface area contributed by atoms with Gasteiger partial charge in [-0.1, -0.05) is 13.8 Å². The lowest BCUT2D eigenvalue weighted by Crippen LogP contribution is -2.38. The van der Waals surface area contributed by atoms with Crippen LogP contribution in [-0.4, -0.2) is 40.6 Å². The summed E-state index contributed by atoms with van der Waals surface area (Å²) in [6, 6.07) is 0. The first-order chi connectivity index (χ1) is 9.69. The molecule has 1 N–H and O–H groups in total. The molecule has 20 heavy (non-hydrogen) atoms. The number of hydrogen-bond acceptors (Lipinski definition) is 5. The summed E-state index contributed by atoms with van der Waals surface area (Å²) in [5.74, 6) is 4.26. The third-order valence-corrected chi connectivity index (χ3v) is 5.09. The predicted octanol–water partition coefficient (Wildman–Crippen LogP) is 3.11. The van der Waals surface area contributed by atoms with E-state index in [0.717, 1.165) is 48.8 Å². The molecule has 5 heteroatoms. The van der Waals surface area contributed by atoms with Crippen LogP contribution in [-0.2, 0) is 6.42 Å². The van der Waals surface area contributed by atoms with E-state index >= 15 is 0 Å². The predicted molar refractivity (Wildman–Crippen MR) is 89.1 cm³/mol. The van der Waals surface area contributed by atoms with E-state index in [0.29, 0.717) is 0 Å². The number of rotatable bonds is 5. The first kappa shape index (κ1) is 15.4. The van der Waals surface area contributed by atoms with Crippen LogP contribution in [0.25, 0.3) is 0 Å². The molecule has 1 aliphatic heterocycles. The van der Waals surface area contributed by atoms with E-state index in [-0.39, 0.29) is 0 Å². The zero-order valence-corrected chi connectivity index (χ0v) is 13.9. The van der Waals surface area contributed by atoms with Gasteiger partial charge in [-0.3, -0.25) is 0 Å². The molecule has 1 atom stereocenters. The molecule has 4 nitrogen and oxygen atoms in total. The van der Waals surface area contributed by atoms with Gasteiger partial charge >= 0.3 is 0 Å². The Balaban J connectivity index is 2.31. The Bertz CT molecular complexity index is 450. The third-order valence-electron chi connectivity index (χ3n) is 3.72. The molecular weight excluding hydrogens is 268 g/mol. The minimum atomic E-state index is 0.728. The van der Waals surface area contributed by atoms with Crippen LogP contribution < -0.4 is 10.2 Å². The number of nitrogens with one attached hydrogen (secondary N) is 1. The molecule has 0 saturated carbocycles. The zero-order chi connectivity index (χ0) is 14.5. The minimum Gasteiger partial charge on any atom is -0.370 e. The average molecular weight is 294 g/mol. The van der Waals surface area contributed by atoms with Crippen molar-refractivity contribution in [1.29, 1.82) is 0 Å². The fourth-order valence-corrected chi connectivity index (χ4v) is 3.69. The minimum absolute atomic E-state index is 0.728. The maximum atomic E-state index is 4.79. The Morgan fingerprint density at radius 1 is 1.30 bits per heavy atom. The quantitative estimate of drug-likeness (QED) is 0.903. The van der Waals surface area contributed by atoms with E-state index in [1.165, 1.54) is 17.7 Å². The second-order valence-electron chi connectivity index (χ2n) is 5.17. The Morgan fingerprint density at radius 2 is 2.10 bits per heavy atom. The highest BCUT2D eigenvalue weighted by Crippen LogP contribution is 2.29. The smallest absolute Gasteiger partial charge is 0.137 e. The van der Waals surface area contributed by atoms with Gasteiger partial charge in [-0.25, -0.2) is 9.97 Å². The van der Waals surface area contributed by atoms with Gasteiger partial charge in [-0.15, -0.1) is 0 Å². The van der Waals surface area contributed by atoms with Gasteiger partial charge in [0, 0.05) is 42.6 Å². The summed E-state index contributed by atoms with van der Waals surface area (Å²) in [7, 11) is 0. The molecule has 0 radical (unpaired) electrons. The summed E-state index contributed by atoms with van der Waals surface area (Å²) in [5.41, 5.74) is 1.19. The third kappa shape index (κ3) is 3.37. The number of anilines is 2. The number of aromatic nitrogens is 2. The van der Waals surface area contributed by atoms with Gasteiger partial charge in [0.2, 0.25) is 0 Å². The number of hydrogen-bond donors (Lipinski definition) is 1. The van der Waals surface area contributed by atoms with Crippen molar-refractivity contribution < 1.29 is 0 Å². The summed E-state index contributed by atoms with van der Waals surface area (Å²) in [5, 5.41) is 4.10. The SMILES string of the molecule is CCNc1nc(CC)nc(N2CCSC(CC)C2)c1C. The molecule has 0 aliphatic carbocycles. The number of thioether (sulfide) groups is 1. The summed E-state index contributed by atoms with van der Waals surface area (Å²) in [4.78, 5) is 11.9. The van der Waals surface area contributed by atoms with Crippen molar-refractivity contribution in [2.45, 2.75) is 45.8 Å². The lowest BCUT2D eigenvalue weighted by molar-refractivity contribution is 0.712. The van der Waals surface area contributed by atoms with Crippen LogP contribution in [0.4, 0.5) is 11.6 Å². The standard InChI is InChI=1S/C15H26N4S/c1-5-12-10-19(8-9-20-12)15-11(4)14(16-7-3)17-13(6-2)18-15/h12H,5-10H2,1-4H3,(H,16,17,18). The fourth-order valence-electron chi connectivity index (χ4n) is 2.51. The zero-order valence-electron chi connectivity index (χ0n) is 13.1. The van der Waals surface area contributed by atoms with Crippen LogP contribution in [0.3, 0.4) is 0 Å². The number of nitrogens with zero attached hydrogens (tertiary/aromatic N) is 3. The Morgan fingerprint density at radius 3 is 2.75 bits per heavy atom. The van der Waals surface area contributed by atoms with Crippen molar-refractivity contribution in [3.05, 3.63) is 11.4 Å². The van der Waals surface area contributed by atoms with E-state index in [4.69, 9.17) is 4.98 Å². The van der Waals surface area contributed by atoms with Crippen molar-refractivity contribution in [2.24, 2.45) is 0 Å². The molecule has 0 aromatic carbocycles.